The molecule has 0 aromatic heterocycles. The molecule has 30 heavy (non-hydrogen) atoms. The molecule has 7 nitrogen and oxygen atoms in total. The highest BCUT2D eigenvalue weighted by molar-refractivity contribution is 9.10. The number of amides is 1. The minimum atomic E-state index is -0.143. The van der Waals surface area contributed by atoms with Crippen LogP contribution in [0.2, 0.25) is 0 Å². The fourth-order valence-electron chi connectivity index (χ4n) is 2.31. The lowest BCUT2D eigenvalue weighted by atomic mass is 10.2. The summed E-state index contributed by atoms with van der Waals surface area (Å²) in [5, 5.41) is 7.67. The van der Waals surface area contributed by atoms with Crippen molar-refractivity contribution in [3.8, 4) is 11.5 Å². The maximum absolute atomic E-state index is 11.8. The van der Waals surface area contributed by atoms with Crippen LogP contribution in [0.3, 0.4) is 0 Å². The van der Waals surface area contributed by atoms with Crippen LogP contribution in [-0.4, -0.2) is 49.4 Å². The monoisotopic (exact) mass is 492 g/mol. The van der Waals surface area contributed by atoms with Crippen molar-refractivity contribution >= 4 is 45.4 Å². The van der Waals surface area contributed by atoms with Crippen LogP contribution in [0, 0.1) is 0 Å². The van der Waals surface area contributed by atoms with Crippen molar-refractivity contribution in [1.82, 2.24) is 15.6 Å². The number of nitrogens with one attached hydrogen (secondary N) is 2. The van der Waals surface area contributed by atoms with Crippen LogP contribution in [0.25, 0.3) is 0 Å². The summed E-state index contributed by atoms with van der Waals surface area (Å²) in [4.78, 5) is 13.3. The number of halogens is 1. The Bertz CT molecular complexity index is 891. The molecule has 0 aliphatic heterocycles. The summed E-state index contributed by atoms with van der Waals surface area (Å²) in [6.45, 7) is 2.86. The highest BCUT2D eigenvalue weighted by atomic mass is 79.9. The summed E-state index contributed by atoms with van der Waals surface area (Å²) in [7, 11) is 3.35. The standard InChI is InChI=1S/C21H25BrN4O3S/c1-4-28-18-11-16(10-17(22)20(18)29-14-19(27)26(2)3)13-24-25-21(30)23-12-15-8-6-5-7-9-15/h5-11,13H,4,12,14H2,1-3H3,(H2,23,25,30). The number of thiocarbonyl (C=S) groups is 1. The summed E-state index contributed by atoms with van der Waals surface area (Å²) >= 11 is 8.71. The quantitative estimate of drug-likeness (QED) is 0.317. The summed E-state index contributed by atoms with van der Waals surface area (Å²) < 4.78 is 12.0. The van der Waals surface area contributed by atoms with Gasteiger partial charge in [0.2, 0.25) is 0 Å². The van der Waals surface area contributed by atoms with Gasteiger partial charge < -0.3 is 19.7 Å². The Hall–Kier alpha value is -2.65. The van der Waals surface area contributed by atoms with Crippen molar-refractivity contribution < 1.29 is 14.3 Å². The molecule has 0 aliphatic carbocycles. The van der Waals surface area contributed by atoms with Crippen LogP contribution >= 0.6 is 28.1 Å². The third-order valence-electron chi connectivity index (χ3n) is 3.85. The molecular formula is C21H25BrN4O3S. The van der Waals surface area contributed by atoms with E-state index in [2.05, 4.69) is 31.8 Å². The minimum Gasteiger partial charge on any atom is -0.490 e. The van der Waals surface area contributed by atoms with Gasteiger partial charge in [-0.05, 0) is 58.3 Å². The molecule has 2 N–H and O–H groups in total. The molecule has 0 spiro atoms. The fourth-order valence-corrected chi connectivity index (χ4v) is 3.01. The number of benzene rings is 2. The van der Waals surface area contributed by atoms with Gasteiger partial charge in [-0.2, -0.15) is 5.10 Å². The zero-order valence-corrected chi connectivity index (χ0v) is 19.5. The van der Waals surface area contributed by atoms with Crippen LogP contribution < -0.4 is 20.2 Å². The Labute approximate surface area is 190 Å². The molecule has 2 aromatic carbocycles. The van der Waals surface area contributed by atoms with E-state index in [9.17, 15) is 4.79 Å². The predicted octanol–water partition coefficient (Wildman–Crippen LogP) is 3.31. The maximum atomic E-state index is 11.8. The molecule has 2 aromatic rings. The zero-order chi connectivity index (χ0) is 21.9. The average Bonchev–Trinajstić information content (AvgIpc) is 2.72. The van der Waals surface area contributed by atoms with Crippen molar-refractivity contribution in [3.63, 3.8) is 0 Å². The van der Waals surface area contributed by atoms with Gasteiger partial charge in [-0.25, -0.2) is 0 Å². The number of ether oxygens (including phenoxy) is 2. The first kappa shape index (κ1) is 23.6. The van der Waals surface area contributed by atoms with Crippen molar-refractivity contribution in [1.29, 1.82) is 0 Å². The second kappa shape index (κ2) is 12.1. The number of hydrogen-bond acceptors (Lipinski definition) is 5. The van der Waals surface area contributed by atoms with Crippen LogP contribution in [0.4, 0.5) is 0 Å². The van der Waals surface area contributed by atoms with Gasteiger partial charge in [-0.3, -0.25) is 10.2 Å². The minimum absolute atomic E-state index is 0.0813. The lowest BCUT2D eigenvalue weighted by molar-refractivity contribution is -0.130. The number of nitrogens with zero attached hydrogens (tertiary/aromatic N) is 2. The van der Waals surface area contributed by atoms with Crippen molar-refractivity contribution in [2.45, 2.75) is 13.5 Å². The van der Waals surface area contributed by atoms with Gasteiger partial charge in [0.05, 0.1) is 17.3 Å². The molecular weight excluding hydrogens is 468 g/mol. The molecule has 0 unspecified atom stereocenters. The van der Waals surface area contributed by atoms with Gasteiger partial charge in [0.1, 0.15) is 0 Å². The molecule has 160 valence electrons. The third-order valence-corrected chi connectivity index (χ3v) is 4.67. The van der Waals surface area contributed by atoms with E-state index in [1.807, 2.05) is 43.3 Å². The van der Waals surface area contributed by atoms with E-state index in [4.69, 9.17) is 21.7 Å². The summed E-state index contributed by atoms with van der Waals surface area (Å²) in [5.74, 6) is 0.845. The highest BCUT2D eigenvalue weighted by Gasteiger charge is 2.14. The Balaban J connectivity index is 1.99. The molecule has 0 fully saturated rings. The average molecular weight is 493 g/mol. The SMILES string of the molecule is CCOc1cc(C=NNC(=S)NCc2ccccc2)cc(Br)c1OCC(=O)N(C)C. The first-order chi connectivity index (χ1) is 14.4. The predicted molar refractivity (Wildman–Crippen MR) is 126 cm³/mol. The lowest BCUT2D eigenvalue weighted by Gasteiger charge is -2.16. The lowest BCUT2D eigenvalue weighted by Crippen LogP contribution is -2.31. The van der Waals surface area contributed by atoms with Gasteiger partial charge in [0.25, 0.3) is 5.91 Å². The van der Waals surface area contributed by atoms with Gasteiger partial charge in [0, 0.05) is 20.6 Å². The molecule has 0 atom stereocenters. The smallest absolute Gasteiger partial charge is 0.259 e. The van der Waals surface area contributed by atoms with Crippen molar-refractivity contribution in [2.24, 2.45) is 5.10 Å². The van der Waals surface area contributed by atoms with Crippen LogP contribution in [0.1, 0.15) is 18.1 Å². The van der Waals surface area contributed by atoms with E-state index >= 15 is 0 Å². The largest absolute Gasteiger partial charge is 0.490 e. The van der Waals surface area contributed by atoms with Crippen molar-refractivity contribution in [3.05, 3.63) is 58.1 Å². The van der Waals surface area contributed by atoms with Gasteiger partial charge in [-0.1, -0.05) is 30.3 Å². The molecule has 9 heteroatoms. The second-order valence-electron chi connectivity index (χ2n) is 6.38. The maximum Gasteiger partial charge on any atom is 0.259 e. The number of likely N-dealkylation sites (N-methyl/N-ethyl adjacent to an activating group) is 1. The number of hydrazone groups is 1. The number of hydrogen-bond donors (Lipinski definition) is 2. The molecule has 2 rings (SSSR count). The molecule has 1 amide bonds. The van der Waals surface area contributed by atoms with Gasteiger partial charge >= 0.3 is 0 Å². The molecule has 0 bridgehead atoms. The Morgan fingerprint density at radius 1 is 1.23 bits per heavy atom. The zero-order valence-electron chi connectivity index (χ0n) is 17.1. The third kappa shape index (κ3) is 7.64. The van der Waals surface area contributed by atoms with Crippen LogP contribution in [-0.2, 0) is 11.3 Å². The highest BCUT2D eigenvalue weighted by Crippen LogP contribution is 2.36. The Morgan fingerprint density at radius 2 is 1.97 bits per heavy atom. The van der Waals surface area contributed by atoms with E-state index in [0.717, 1.165) is 11.1 Å². The Kier molecular flexibility index (Phi) is 9.56. The number of rotatable bonds is 9. The first-order valence-corrected chi connectivity index (χ1v) is 10.5. The topological polar surface area (TPSA) is 75.2 Å². The normalized spacial score (nSPS) is 10.5. The fraction of sp³-hybridized carbons (Fsp3) is 0.286. The van der Waals surface area contributed by atoms with Gasteiger partial charge in [0.15, 0.2) is 23.2 Å². The van der Waals surface area contributed by atoms with E-state index < -0.39 is 0 Å². The summed E-state index contributed by atoms with van der Waals surface area (Å²) in [5.41, 5.74) is 4.69. The molecule has 0 radical (unpaired) electrons. The molecule has 0 heterocycles. The number of carbonyl (C=O) groups excluding carboxylic acids is 1. The van der Waals surface area contributed by atoms with E-state index in [0.29, 0.717) is 34.2 Å². The summed E-state index contributed by atoms with van der Waals surface area (Å²) in [6.07, 6.45) is 1.62. The van der Waals surface area contributed by atoms with Gasteiger partial charge in [-0.15, -0.1) is 0 Å². The van der Waals surface area contributed by atoms with E-state index in [1.54, 1.807) is 26.4 Å². The number of carbonyl (C=O) groups is 1. The summed E-state index contributed by atoms with van der Waals surface area (Å²) in [6, 6.07) is 13.6. The van der Waals surface area contributed by atoms with E-state index in [1.165, 1.54) is 4.90 Å². The molecule has 0 saturated carbocycles. The first-order valence-electron chi connectivity index (χ1n) is 9.30. The molecule has 0 saturated heterocycles. The Morgan fingerprint density at radius 3 is 2.63 bits per heavy atom. The van der Waals surface area contributed by atoms with E-state index in [-0.39, 0.29) is 12.5 Å². The van der Waals surface area contributed by atoms with Crippen molar-refractivity contribution in [2.75, 3.05) is 27.3 Å². The second-order valence-corrected chi connectivity index (χ2v) is 7.64. The van der Waals surface area contributed by atoms with Crippen LogP contribution in [0.15, 0.2) is 52.0 Å². The molecule has 0 aliphatic rings. The van der Waals surface area contributed by atoms with Crippen LogP contribution in [0.5, 0.6) is 11.5 Å².